The van der Waals surface area contributed by atoms with Gasteiger partial charge in [-0.3, -0.25) is 19.3 Å². The fourth-order valence-corrected chi connectivity index (χ4v) is 6.94. The van der Waals surface area contributed by atoms with E-state index in [4.69, 9.17) is 23.2 Å². The summed E-state index contributed by atoms with van der Waals surface area (Å²) in [7, 11) is 0. The second-order valence-electron chi connectivity index (χ2n) is 9.24. The molecule has 0 saturated carbocycles. The van der Waals surface area contributed by atoms with Gasteiger partial charge in [-0.2, -0.15) is 0 Å². The van der Waals surface area contributed by atoms with Gasteiger partial charge in [0.2, 0.25) is 11.8 Å². The summed E-state index contributed by atoms with van der Waals surface area (Å²) < 4.78 is 0. The van der Waals surface area contributed by atoms with E-state index >= 15 is 0 Å². The minimum atomic E-state index is -1.23. The molecule has 8 heteroatoms. The fourth-order valence-electron chi connectivity index (χ4n) is 6.46. The minimum Gasteiger partial charge on any atom is -0.323 e. The molecule has 0 aromatic heterocycles. The zero-order valence-corrected chi connectivity index (χ0v) is 19.1. The number of aryl methyl sites for hydroxylation is 2. The van der Waals surface area contributed by atoms with Gasteiger partial charge < -0.3 is 5.32 Å². The molecule has 2 aromatic carbocycles. The van der Waals surface area contributed by atoms with Gasteiger partial charge in [0.05, 0.1) is 28.2 Å². The Morgan fingerprint density at radius 3 is 2.62 bits per heavy atom. The number of nitrogens with one attached hydrogen (secondary N) is 1. The molecule has 6 nitrogen and oxygen atoms in total. The lowest BCUT2D eigenvalue weighted by molar-refractivity contribution is -0.135. The average Bonchev–Trinajstić information content (AvgIpc) is 3.43. The number of hydrogen-bond acceptors (Lipinski definition) is 4. The third kappa shape index (κ3) is 2.28. The van der Waals surface area contributed by atoms with Gasteiger partial charge in [-0.15, -0.1) is 0 Å². The summed E-state index contributed by atoms with van der Waals surface area (Å²) in [5.41, 5.74) is 2.20. The van der Waals surface area contributed by atoms with Gasteiger partial charge in [0, 0.05) is 16.6 Å². The maximum Gasteiger partial charge on any atom is 0.250 e. The van der Waals surface area contributed by atoms with E-state index < -0.39 is 17.4 Å². The van der Waals surface area contributed by atoms with Crippen LogP contribution < -0.4 is 10.2 Å². The third-order valence-electron chi connectivity index (χ3n) is 7.61. The van der Waals surface area contributed by atoms with Crippen molar-refractivity contribution in [2.75, 3.05) is 16.8 Å². The van der Waals surface area contributed by atoms with E-state index in [1.165, 1.54) is 4.90 Å². The fraction of sp³-hybridized carbons (Fsp3) is 0.375. The second-order valence-corrected chi connectivity index (χ2v) is 10.1. The number of halogens is 2. The molecule has 164 valence electrons. The molecule has 0 aliphatic carbocycles. The van der Waals surface area contributed by atoms with Crippen LogP contribution in [-0.4, -0.2) is 35.2 Å². The quantitative estimate of drug-likeness (QED) is 0.639. The van der Waals surface area contributed by atoms with Crippen LogP contribution in [0.1, 0.15) is 29.5 Å². The lowest BCUT2D eigenvalue weighted by Gasteiger charge is -2.37. The number of nitrogens with zero attached hydrogens (tertiary/aromatic N) is 2. The molecule has 0 unspecified atom stereocenters. The Labute approximate surface area is 195 Å². The predicted molar refractivity (Wildman–Crippen MR) is 122 cm³/mol. The first kappa shape index (κ1) is 20.2. The Balaban J connectivity index is 1.59. The summed E-state index contributed by atoms with van der Waals surface area (Å²) in [4.78, 5) is 44.8. The Morgan fingerprint density at radius 1 is 1.06 bits per heavy atom. The summed E-state index contributed by atoms with van der Waals surface area (Å²) in [6, 6.07) is 8.75. The van der Waals surface area contributed by atoms with Gasteiger partial charge in [0.25, 0.3) is 5.91 Å². The molecule has 0 bridgehead atoms. The van der Waals surface area contributed by atoms with Crippen molar-refractivity contribution in [1.29, 1.82) is 0 Å². The molecule has 4 atom stereocenters. The number of rotatable bonds is 1. The van der Waals surface area contributed by atoms with Crippen molar-refractivity contribution in [3.05, 3.63) is 57.1 Å². The van der Waals surface area contributed by atoms with Gasteiger partial charge >= 0.3 is 0 Å². The maximum atomic E-state index is 14.0. The van der Waals surface area contributed by atoms with Crippen molar-refractivity contribution in [3.63, 3.8) is 0 Å². The summed E-state index contributed by atoms with van der Waals surface area (Å²) in [6.45, 7) is 4.42. The van der Waals surface area contributed by atoms with Gasteiger partial charge in [0.15, 0.2) is 0 Å². The summed E-state index contributed by atoms with van der Waals surface area (Å²) in [5.74, 6) is -2.26. The Kier molecular flexibility index (Phi) is 4.15. The molecule has 3 saturated heterocycles. The van der Waals surface area contributed by atoms with Crippen LogP contribution in [0.4, 0.5) is 11.4 Å². The largest absolute Gasteiger partial charge is 0.323 e. The molecule has 0 radical (unpaired) electrons. The molecule has 1 N–H and O–H groups in total. The van der Waals surface area contributed by atoms with Crippen molar-refractivity contribution in [2.45, 2.75) is 38.3 Å². The highest BCUT2D eigenvalue weighted by molar-refractivity contribution is 6.35. The molecule has 3 amide bonds. The van der Waals surface area contributed by atoms with E-state index in [2.05, 4.69) is 10.2 Å². The zero-order valence-electron chi connectivity index (χ0n) is 17.6. The second kappa shape index (κ2) is 6.56. The van der Waals surface area contributed by atoms with Crippen LogP contribution in [0.5, 0.6) is 0 Å². The van der Waals surface area contributed by atoms with E-state index in [-0.39, 0.29) is 23.8 Å². The van der Waals surface area contributed by atoms with E-state index in [9.17, 15) is 14.4 Å². The normalized spacial score (nSPS) is 30.8. The zero-order chi connectivity index (χ0) is 22.5. The number of carbonyl (C=O) groups is 3. The van der Waals surface area contributed by atoms with Crippen molar-refractivity contribution in [3.8, 4) is 0 Å². The molecule has 4 heterocycles. The van der Waals surface area contributed by atoms with E-state index in [1.54, 1.807) is 24.3 Å². The molecule has 3 fully saturated rings. The highest BCUT2D eigenvalue weighted by Crippen LogP contribution is 2.61. The first-order chi connectivity index (χ1) is 15.3. The highest BCUT2D eigenvalue weighted by Gasteiger charge is 2.74. The molecular weight excluding hydrogens is 449 g/mol. The lowest BCUT2D eigenvalue weighted by atomic mass is 9.75. The molecule has 4 aliphatic rings. The van der Waals surface area contributed by atoms with Gasteiger partial charge in [0.1, 0.15) is 5.54 Å². The average molecular weight is 470 g/mol. The number of anilines is 2. The van der Waals surface area contributed by atoms with Gasteiger partial charge in [-0.1, -0.05) is 35.3 Å². The number of fused-ring (bicyclic) bond motifs is 7. The van der Waals surface area contributed by atoms with Crippen LogP contribution in [0.25, 0.3) is 0 Å². The van der Waals surface area contributed by atoms with Crippen molar-refractivity contribution in [2.24, 2.45) is 11.8 Å². The number of hydrogen-bond donors (Lipinski definition) is 1. The first-order valence-electron chi connectivity index (χ1n) is 10.8. The van der Waals surface area contributed by atoms with Crippen molar-refractivity contribution >= 4 is 52.3 Å². The summed E-state index contributed by atoms with van der Waals surface area (Å²) >= 11 is 12.7. The maximum absolute atomic E-state index is 14.0. The topological polar surface area (TPSA) is 69.7 Å². The van der Waals surface area contributed by atoms with Crippen LogP contribution in [0.15, 0.2) is 30.3 Å². The van der Waals surface area contributed by atoms with E-state index in [0.29, 0.717) is 33.5 Å². The van der Waals surface area contributed by atoms with Crippen LogP contribution in [-0.2, 0) is 19.9 Å². The van der Waals surface area contributed by atoms with Crippen LogP contribution in [0.3, 0.4) is 0 Å². The standard InChI is InChI=1S/C24H21Cl2N3O3/c1-11-8-14-20(15(26)9-11)27-23(32)24(14)19-18(16-4-3-7-28(16)24)21(30)29(22(19)31)17-10-13(25)6-5-12(17)2/h5-6,8-10,16,18-19H,3-4,7H2,1-2H3,(H,27,32)/t16-,18+,19+,24-/m1/s1. The van der Waals surface area contributed by atoms with Crippen molar-refractivity contribution < 1.29 is 14.4 Å². The van der Waals surface area contributed by atoms with Crippen LogP contribution in [0, 0.1) is 25.7 Å². The van der Waals surface area contributed by atoms with Crippen LogP contribution in [0.2, 0.25) is 10.0 Å². The predicted octanol–water partition coefficient (Wildman–Crippen LogP) is 4.04. The summed E-state index contributed by atoms with van der Waals surface area (Å²) in [6.07, 6.45) is 1.64. The van der Waals surface area contributed by atoms with E-state index in [1.807, 2.05) is 19.9 Å². The Morgan fingerprint density at radius 2 is 1.84 bits per heavy atom. The lowest BCUT2D eigenvalue weighted by Crippen LogP contribution is -2.54. The Bertz CT molecular complexity index is 1250. The first-order valence-corrected chi connectivity index (χ1v) is 11.5. The van der Waals surface area contributed by atoms with Crippen LogP contribution >= 0.6 is 23.2 Å². The molecule has 2 aromatic rings. The highest BCUT2D eigenvalue weighted by atomic mass is 35.5. The number of benzene rings is 2. The van der Waals surface area contributed by atoms with Gasteiger partial charge in [-0.25, -0.2) is 4.90 Å². The minimum absolute atomic E-state index is 0.170. The number of amides is 3. The van der Waals surface area contributed by atoms with Crippen molar-refractivity contribution in [1.82, 2.24) is 4.90 Å². The number of imide groups is 1. The molecule has 1 spiro atoms. The monoisotopic (exact) mass is 469 g/mol. The molecule has 32 heavy (non-hydrogen) atoms. The van der Waals surface area contributed by atoms with Gasteiger partial charge in [-0.05, 0) is 62.6 Å². The Hall–Kier alpha value is -2.41. The SMILES string of the molecule is Cc1cc(Cl)c2c(c1)[C@]1(C(=O)N2)[C@@H]2C(=O)N(c3cc(Cl)ccc3C)C(=O)[C@H]2[C@H]2CCCN21. The number of carbonyl (C=O) groups excluding carboxylic acids is 3. The van der Waals surface area contributed by atoms with E-state index in [0.717, 1.165) is 24.0 Å². The molecular formula is C24H21Cl2N3O3. The smallest absolute Gasteiger partial charge is 0.250 e. The molecule has 4 aliphatic heterocycles. The third-order valence-corrected chi connectivity index (χ3v) is 8.14. The molecule has 6 rings (SSSR count). The summed E-state index contributed by atoms with van der Waals surface area (Å²) in [5, 5.41) is 3.84.